The Morgan fingerprint density at radius 1 is 1.09 bits per heavy atom. The molecular formula is C17H24ClN3O. The van der Waals surface area contributed by atoms with Crippen LogP contribution in [0.2, 0.25) is 5.02 Å². The number of hydrogen-bond donors (Lipinski definition) is 1. The van der Waals surface area contributed by atoms with Crippen LogP contribution in [0.1, 0.15) is 45.6 Å². The molecule has 1 saturated heterocycles. The van der Waals surface area contributed by atoms with E-state index in [2.05, 4.69) is 10.1 Å². The van der Waals surface area contributed by atoms with Crippen molar-refractivity contribution < 1.29 is 5.21 Å². The Kier molecular flexibility index (Phi) is 5.46. The second kappa shape index (κ2) is 7.14. The van der Waals surface area contributed by atoms with Crippen molar-refractivity contribution in [3.8, 4) is 0 Å². The molecule has 0 spiro atoms. The smallest absolute Gasteiger partial charge is 0.154 e. The van der Waals surface area contributed by atoms with Gasteiger partial charge >= 0.3 is 0 Å². The van der Waals surface area contributed by atoms with Gasteiger partial charge in [-0.15, -0.1) is 0 Å². The molecule has 1 aromatic rings. The zero-order valence-electron chi connectivity index (χ0n) is 13.5. The minimum atomic E-state index is -0.241. The van der Waals surface area contributed by atoms with Gasteiger partial charge in [-0.05, 0) is 52.2 Å². The standard InChI is InChI=1S/C17H24ClN3O/c1-17(2,3)19-16(21-11-5-4-6-12-21)15(20-22)13-7-9-14(18)10-8-13/h7-10,22H,4-6,11-12H2,1-3H3/b19-16?,20-15-. The van der Waals surface area contributed by atoms with E-state index in [0.29, 0.717) is 10.7 Å². The average Bonchev–Trinajstić information content (AvgIpc) is 2.48. The van der Waals surface area contributed by atoms with E-state index >= 15 is 0 Å². The Hall–Kier alpha value is -1.55. The molecule has 0 saturated carbocycles. The van der Waals surface area contributed by atoms with E-state index < -0.39 is 0 Å². The predicted molar refractivity (Wildman–Crippen MR) is 92.4 cm³/mol. The predicted octanol–water partition coefficient (Wildman–Crippen LogP) is 4.20. The van der Waals surface area contributed by atoms with Crippen LogP contribution >= 0.6 is 11.6 Å². The highest BCUT2D eigenvalue weighted by molar-refractivity contribution is 6.47. The van der Waals surface area contributed by atoms with Gasteiger partial charge in [0.15, 0.2) is 11.5 Å². The van der Waals surface area contributed by atoms with Crippen molar-refractivity contribution in [2.24, 2.45) is 10.1 Å². The molecule has 0 atom stereocenters. The molecule has 0 aromatic heterocycles. The molecule has 22 heavy (non-hydrogen) atoms. The lowest BCUT2D eigenvalue weighted by atomic mass is 10.0. The molecule has 1 heterocycles. The fourth-order valence-corrected chi connectivity index (χ4v) is 2.66. The van der Waals surface area contributed by atoms with Crippen LogP contribution in [0.25, 0.3) is 0 Å². The lowest BCUT2D eigenvalue weighted by Gasteiger charge is -2.32. The van der Waals surface area contributed by atoms with Crippen molar-refractivity contribution in [3.05, 3.63) is 34.9 Å². The highest BCUT2D eigenvalue weighted by atomic mass is 35.5. The van der Waals surface area contributed by atoms with E-state index in [1.54, 1.807) is 12.1 Å². The summed E-state index contributed by atoms with van der Waals surface area (Å²) >= 11 is 5.95. The molecule has 1 N–H and O–H groups in total. The largest absolute Gasteiger partial charge is 0.410 e. The highest BCUT2D eigenvalue weighted by Gasteiger charge is 2.24. The van der Waals surface area contributed by atoms with Crippen molar-refractivity contribution >= 4 is 23.1 Å². The maximum Gasteiger partial charge on any atom is 0.154 e. The van der Waals surface area contributed by atoms with Crippen LogP contribution in [0.4, 0.5) is 0 Å². The number of piperidine rings is 1. The van der Waals surface area contributed by atoms with Gasteiger partial charge in [0.2, 0.25) is 0 Å². The van der Waals surface area contributed by atoms with Crippen LogP contribution in [-0.4, -0.2) is 40.3 Å². The number of amidine groups is 1. The van der Waals surface area contributed by atoms with Gasteiger partial charge in [-0.1, -0.05) is 28.9 Å². The molecule has 4 nitrogen and oxygen atoms in total. The molecule has 0 aliphatic carbocycles. The maximum atomic E-state index is 9.59. The third kappa shape index (κ3) is 4.47. The monoisotopic (exact) mass is 321 g/mol. The fraction of sp³-hybridized carbons (Fsp3) is 0.529. The maximum absolute atomic E-state index is 9.59. The number of oxime groups is 1. The number of nitrogens with zero attached hydrogens (tertiary/aromatic N) is 3. The quantitative estimate of drug-likeness (QED) is 0.384. The lowest BCUT2D eigenvalue weighted by molar-refractivity contribution is 0.315. The van der Waals surface area contributed by atoms with E-state index in [4.69, 9.17) is 16.6 Å². The molecule has 1 aromatic carbocycles. The highest BCUT2D eigenvalue weighted by Crippen LogP contribution is 2.18. The van der Waals surface area contributed by atoms with Crippen LogP contribution in [0.15, 0.2) is 34.4 Å². The van der Waals surface area contributed by atoms with Crippen molar-refractivity contribution in [2.75, 3.05) is 13.1 Å². The van der Waals surface area contributed by atoms with E-state index in [1.807, 2.05) is 32.9 Å². The van der Waals surface area contributed by atoms with E-state index in [9.17, 15) is 5.21 Å². The van der Waals surface area contributed by atoms with Gasteiger partial charge < -0.3 is 10.1 Å². The molecule has 2 rings (SSSR count). The Morgan fingerprint density at radius 2 is 1.68 bits per heavy atom. The van der Waals surface area contributed by atoms with Crippen LogP contribution in [0.3, 0.4) is 0 Å². The van der Waals surface area contributed by atoms with Crippen molar-refractivity contribution in [1.29, 1.82) is 0 Å². The molecule has 1 aliphatic rings. The minimum Gasteiger partial charge on any atom is -0.410 e. The summed E-state index contributed by atoms with van der Waals surface area (Å²) in [5.74, 6) is 0.761. The van der Waals surface area contributed by atoms with Gasteiger partial charge in [-0.3, -0.25) is 4.99 Å². The number of hydrogen-bond acceptors (Lipinski definition) is 3. The molecule has 120 valence electrons. The third-order valence-electron chi connectivity index (χ3n) is 3.53. The van der Waals surface area contributed by atoms with Crippen molar-refractivity contribution in [3.63, 3.8) is 0 Å². The molecule has 5 heteroatoms. The number of benzene rings is 1. The van der Waals surface area contributed by atoms with E-state index in [-0.39, 0.29) is 5.54 Å². The van der Waals surface area contributed by atoms with Gasteiger partial charge in [0.05, 0.1) is 5.54 Å². The summed E-state index contributed by atoms with van der Waals surface area (Å²) in [6.45, 7) is 8.04. The summed E-state index contributed by atoms with van der Waals surface area (Å²) in [6.07, 6.45) is 3.52. The first-order valence-corrected chi connectivity index (χ1v) is 8.12. The summed E-state index contributed by atoms with van der Waals surface area (Å²) in [7, 11) is 0. The van der Waals surface area contributed by atoms with Gasteiger partial charge in [0.1, 0.15) is 0 Å². The summed E-state index contributed by atoms with van der Waals surface area (Å²) in [5.41, 5.74) is 1.09. The van der Waals surface area contributed by atoms with Gasteiger partial charge in [0, 0.05) is 23.7 Å². The van der Waals surface area contributed by atoms with Crippen LogP contribution in [0, 0.1) is 0 Å². The first-order chi connectivity index (χ1) is 10.4. The summed E-state index contributed by atoms with van der Waals surface area (Å²) < 4.78 is 0. The van der Waals surface area contributed by atoms with Crippen LogP contribution in [-0.2, 0) is 0 Å². The summed E-state index contributed by atoms with van der Waals surface area (Å²) in [4.78, 5) is 7.04. The Bertz CT molecular complexity index is 552. The number of likely N-dealkylation sites (tertiary alicyclic amines) is 1. The number of rotatable bonds is 2. The molecule has 0 unspecified atom stereocenters. The second-order valence-corrected chi connectivity index (χ2v) is 7.05. The molecule has 0 bridgehead atoms. The zero-order valence-corrected chi connectivity index (χ0v) is 14.3. The van der Waals surface area contributed by atoms with Crippen molar-refractivity contribution in [2.45, 2.75) is 45.6 Å². The Balaban J connectivity index is 2.41. The first-order valence-electron chi connectivity index (χ1n) is 7.74. The van der Waals surface area contributed by atoms with Crippen LogP contribution < -0.4 is 0 Å². The number of halogens is 1. The van der Waals surface area contributed by atoms with Gasteiger partial charge in [0.25, 0.3) is 0 Å². The Labute approximate surface area is 137 Å². The van der Waals surface area contributed by atoms with Crippen LogP contribution in [0.5, 0.6) is 0 Å². The van der Waals surface area contributed by atoms with Gasteiger partial charge in [-0.2, -0.15) is 0 Å². The molecular weight excluding hydrogens is 298 g/mol. The van der Waals surface area contributed by atoms with E-state index in [1.165, 1.54) is 6.42 Å². The third-order valence-corrected chi connectivity index (χ3v) is 3.78. The van der Waals surface area contributed by atoms with E-state index in [0.717, 1.165) is 37.3 Å². The topological polar surface area (TPSA) is 48.2 Å². The minimum absolute atomic E-state index is 0.241. The normalized spacial score (nSPS) is 17.7. The fourth-order valence-electron chi connectivity index (χ4n) is 2.54. The Morgan fingerprint density at radius 3 is 2.18 bits per heavy atom. The molecule has 1 fully saturated rings. The first kappa shape index (κ1) is 16.8. The lowest BCUT2D eigenvalue weighted by Crippen LogP contribution is -2.42. The molecule has 0 amide bonds. The molecule has 0 radical (unpaired) electrons. The summed E-state index contributed by atoms with van der Waals surface area (Å²) in [6, 6.07) is 7.32. The zero-order chi connectivity index (χ0) is 16.2. The second-order valence-electron chi connectivity index (χ2n) is 6.61. The van der Waals surface area contributed by atoms with Gasteiger partial charge in [-0.25, -0.2) is 0 Å². The number of aliphatic imine (C=N–C) groups is 1. The SMILES string of the molecule is CC(C)(C)N=C(/C(=N\O)c1ccc(Cl)cc1)N1CCCCC1. The van der Waals surface area contributed by atoms with Crippen molar-refractivity contribution in [1.82, 2.24) is 4.90 Å². The average molecular weight is 322 g/mol. The summed E-state index contributed by atoms with van der Waals surface area (Å²) in [5, 5.41) is 13.8. The molecule has 1 aliphatic heterocycles.